The first-order chi connectivity index (χ1) is 9.14. The number of benzene rings is 1. The van der Waals surface area contributed by atoms with E-state index in [0.717, 1.165) is 48.1 Å². The summed E-state index contributed by atoms with van der Waals surface area (Å²) in [5, 5.41) is 3.93. The zero-order chi connectivity index (χ0) is 13.9. The normalized spacial score (nSPS) is 13.8. The Balaban J connectivity index is 2.16. The van der Waals surface area contributed by atoms with Crippen molar-refractivity contribution >= 4 is 21.8 Å². The number of alkyl halides is 1. The highest BCUT2D eigenvalue weighted by molar-refractivity contribution is 9.09. The maximum absolute atomic E-state index is 12.4. The lowest BCUT2D eigenvalue weighted by Crippen LogP contribution is -2.49. The molecule has 104 valence electrons. The second kappa shape index (κ2) is 5.95. The van der Waals surface area contributed by atoms with E-state index in [-0.39, 0.29) is 11.4 Å². The van der Waals surface area contributed by atoms with Crippen LogP contribution in [0.15, 0.2) is 18.2 Å². The van der Waals surface area contributed by atoms with E-state index in [1.54, 1.807) is 0 Å². The third-order valence-corrected chi connectivity index (χ3v) is 5.01. The summed E-state index contributed by atoms with van der Waals surface area (Å²) in [6.45, 7) is 4.92. The predicted molar refractivity (Wildman–Crippen MR) is 80.2 cm³/mol. The zero-order valence-electron chi connectivity index (χ0n) is 11.5. The number of amides is 1. The predicted octanol–water partition coefficient (Wildman–Crippen LogP) is 3.31. The van der Waals surface area contributed by atoms with E-state index >= 15 is 0 Å². The van der Waals surface area contributed by atoms with Crippen LogP contribution in [-0.2, 0) is 6.42 Å². The summed E-state index contributed by atoms with van der Waals surface area (Å²) in [7, 11) is 0. The summed E-state index contributed by atoms with van der Waals surface area (Å²) in [6.07, 6.45) is 2.71. The van der Waals surface area contributed by atoms with Crippen molar-refractivity contribution in [3.8, 4) is 5.75 Å². The van der Waals surface area contributed by atoms with Crippen LogP contribution >= 0.6 is 15.9 Å². The van der Waals surface area contributed by atoms with Crippen LogP contribution < -0.4 is 10.1 Å². The first-order valence-corrected chi connectivity index (χ1v) is 7.90. The minimum atomic E-state index is -0.160. The van der Waals surface area contributed by atoms with Crippen molar-refractivity contribution in [2.45, 2.75) is 38.6 Å². The van der Waals surface area contributed by atoms with Crippen LogP contribution in [0, 0.1) is 0 Å². The van der Waals surface area contributed by atoms with Gasteiger partial charge in [-0.2, -0.15) is 0 Å². The van der Waals surface area contributed by atoms with Crippen LogP contribution in [0.5, 0.6) is 5.75 Å². The van der Waals surface area contributed by atoms with Crippen molar-refractivity contribution in [1.29, 1.82) is 0 Å². The molecule has 0 atom stereocenters. The second-order valence-electron chi connectivity index (χ2n) is 5.00. The Labute approximate surface area is 122 Å². The van der Waals surface area contributed by atoms with Crippen molar-refractivity contribution in [3.63, 3.8) is 0 Å². The first-order valence-electron chi connectivity index (χ1n) is 6.78. The lowest BCUT2D eigenvalue weighted by Gasteiger charge is -2.31. The number of fused-ring (bicyclic) bond motifs is 1. The smallest absolute Gasteiger partial charge is 0.251 e. The van der Waals surface area contributed by atoms with E-state index in [4.69, 9.17) is 4.74 Å². The Morgan fingerprint density at radius 1 is 1.42 bits per heavy atom. The van der Waals surface area contributed by atoms with Gasteiger partial charge in [0.05, 0.1) is 6.61 Å². The van der Waals surface area contributed by atoms with Crippen LogP contribution in [-0.4, -0.2) is 23.4 Å². The van der Waals surface area contributed by atoms with Crippen LogP contribution in [0.3, 0.4) is 0 Å². The van der Waals surface area contributed by atoms with E-state index in [1.807, 2.05) is 18.2 Å². The topological polar surface area (TPSA) is 38.3 Å². The molecule has 1 heterocycles. The number of halogens is 1. The quantitative estimate of drug-likeness (QED) is 0.843. The third-order valence-electron chi connectivity index (χ3n) is 3.94. The fourth-order valence-electron chi connectivity index (χ4n) is 2.29. The lowest BCUT2D eigenvalue weighted by molar-refractivity contribution is 0.0903. The second-order valence-corrected chi connectivity index (χ2v) is 5.56. The van der Waals surface area contributed by atoms with Crippen LogP contribution in [0.25, 0.3) is 0 Å². The van der Waals surface area contributed by atoms with Gasteiger partial charge in [0.2, 0.25) is 0 Å². The van der Waals surface area contributed by atoms with Crippen molar-refractivity contribution < 1.29 is 9.53 Å². The van der Waals surface area contributed by atoms with Gasteiger partial charge in [0.15, 0.2) is 0 Å². The van der Waals surface area contributed by atoms with E-state index in [1.165, 1.54) is 0 Å². The monoisotopic (exact) mass is 325 g/mol. The SMILES string of the molecule is CCC(CC)(CBr)NC(=O)c1ccc2c(c1)CCO2. The molecule has 0 fully saturated rings. The van der Waals surface area contributed by atoms with Crippen LogP contribution in [0.4, 0.5) is 0 Å². The average Bonchev–Trinajstić information content (AvgIpc) is 2.92. The van der Waals surface area contributed by atoms with Crippen molar-refractivity contribution in [3.05, 3.63) is 29.3 Å². The lowest BCUT2D eigenvalue weighted by atomic mass is 9.94. The summed E-state index contributed by atoms with van der Waals surface area (Å²) in [4.78, 5) is 12.4. The van der Waals surface area contributed by atoms with Gasteiger partial charge in [-0.05, 0) is 36.6 Å². The molecule has 0 bridgehead atoms. The van der Waals surface area contributed by atoms with Crippen molar-refractivity contribution in [2.75, 3.05) is 11.9 Å². The Hall–Kier alpha value is -1.03. The number of hydrogen-bond acceptors (Lipinski definition) is 2. The molecule has 0 unspecified atom stereocenters. The molecule has 2 rings (SSSR count). The Morgan fingerprint density at radius 3 is 2.79 bits per heavy atom. The molecule has 1 aliphatic heterocycles. The molecule has 19 heavy (non-hydrogen) atoms. The molecule has 1 aromatic rings. The largest absolute Gasteiger partial charge is 0.493 e. The molecule has 0 aliphatic carbocycles. The van der Waals surface area contributed by atoms with Gasteiger partial charge in [0.25, 0.3) is 5.91 Å². The van der Waals surface area contributed by atoms with Gasteiger partial charge in [-0.1, -0.05) is 29.8 Å². The van der Waals surface area contributed by atoms with Gasteiger partial charge in [-0.25, -0.2) is 0 Å². The highest BCUT2D eigenvalue weighted by Crippen LogP contribution is 2.26. The fraction of sp³-hybridized carbons (Fsp3) is 0.533. The highest BCUT2D eigenvalue weighted by atomic mass is 79.9. The van der Waals surface area contributed by atoms with E-state index in [9.17, 15) is 4.79 Å². The molecule has 0 radical (unpaired) electrons. The average molecular weight is 326 g/mol. The van der Waals surface area contributed by atoms with E-state index in [2.05, 4.69) is 35.1 Å². The molecule has 3 nitrogen and oxygen atoms in total. The zero-order valence-corrected chi connectivity index (χ0v) is 13.0. The molecule has 0 saturated carbocycles. The van der Waals surface area contributed by atoms with Gasteiger partial charge in [-0.3, -0.25) is 4.79 Å². The van der Waals surface area contributed by atoms with Gasteiger partial charge < -0.3 is 10.1 Å². The summed E-state index contributed by atoms with van der Waals surface area (Å²) >= 11 is 3.51. The summed E-state index contributed by atoms with van der Waals surface area (Å²) in [5.74, 6) is 0.909. The number of hydrogen-bond donors (Lipinski definition) is 1. The molecule has 1 N–H and O–H groups in total. The number of ether oxygens (including phenoxy) is 1. The standard InChI is InChI=1S/C15H20BrNO2/c1-3-15(4-2,10-16)17-14(18)12-5-6-13-11(9-12)7-8-19-13/h5-6,9H,3-4,7-8,10H2,1-2H3,(H,17,18). The molecule has 1 amide bonds. The Kier molecular flexibility index (Phi) is 4.50. The minimum absolute atomic E-state index is 0.00199. The summed E-state index contributed by atoms with van der Waals surface area (Å²) < 4.78 is 5.46. The molecule has 0 aromatic heterocycles. The van der Waals surface area contributed by atoms with Crippen molar-refractivity contribution in [1.82, 2.24) is 5.32 Å². The first kappa shape index (κ1) is 14.4. The molecule has 4 heteroatoms. The minimum Gasteiger partial charge on any atom is -0.493 e. The molecule has 0 spiro atoms. The van der Waals surface area contributed by atoms with Gasteiger partial charge in [0, 0.05) is 22.9 Å². The number of carbonyl (C=O) groups excluding carboxylic acids is 1. The van der Waals surface area contributed by atoms with Gasteiger partial charge in [0.1, 0.15) is 5.75 Å². The van der Waals surface area contributed by atoms with Crippen LogP contribution in [0.2, 0.25) is 0 Å². The van der Waals surface area contributed by atoms with Gasteiger partial charge >= 0.3 is 0 Å². The van der Waals surface area contributed by atoms with E-state index < -0.39 is 0 Å². The number of nitrogens with one attached hydrogen (secondary N) is 1. The van der Waals surface area contributed by atoms with Crippen molar-refractivity contribution in [2.24, 2.45) is 0 Å². The van der Waals surface area contributed by atoms with Crippen LogP contribution in [0.1, 0.15) is 42.6 Å². The highest BCUT2D eigenvalue weighted by Gasteiger charge is 2.27. The van der Waals surface area contributed by atoms with Gasteiger partial charge in [-0.15, -0.1) is 0 Å². The fourth-order valence-corrected chi connectivity index (χ4v) is 3.22. The maximum Gasteiger partial charge on any atom is 0.251 e. The van der Waals surface area contributed by atoms with E-state index in [0.29, 0.717) is 0 Å². The molecule has 1 aromatic carbocycles. The maximum atomic E-state index is 12.4. The Morgan fingerprint density at radius 2 is 2.16 bits per heavy atom. The number of rotatable bonds is 5. The molecule has 0 saturated heterocycles. The summed E-state index contributed by atoms with van der Waals surface area (Å²) in [5.41, 5.74) is 1.69. The molecule has 1 aliphatic rings. The number of carbonyl (C=O) groups is 1. The summed E-state index contributed by atoms with van der Waals surface area (Å²) in [6, 6.07) is 5.68. The Bertz CT molecular complexity index is 461. The molecular weight excluding hydrogens is 306 g/mol. The molecular formula is C15H20BrNO2. The third kappa shape index (κ3) is 2.94.